The van der Waals surface area contributed by atoms with Crippen LogP contribution in [0.1, 0.15) is 11.1 Å². The van der Waals surface area contributed by atoms with Crippen LogP contribution in [-0.2, 0) is 20.7 Å². The van der Waals surface area contributed by atoms with Crippen molar-refractivity contribution in [2.24, 2.45) is 11.5 Å². The average molecular weight is 278 g/mol. The molecule has 1 aromatic carbocycles. The molecule has 0 radical (unpaired) electrons. The van der Waals surface area contributed by atoms with Crippen molar-refractivity contribution >= 4 is 17.7 Å². The number of hydrogen-bond acceptors (Lipinski definition) is 5. The van der Waals surface area contributed by atoms with Crippen LogP contribution in [-0.4, -0.2) is 37.4 Å². The molecule has 0 aliphatic carbocycles. The van der Waals surface area contributed by atoms with Crippen LogP contribution in [0.15, 0.2) is 24.3 Å². The molecule has 7 nitrogen and oxygen atoms in total. The molecule has 7 heteroatoms. The third-order valence-corrected chi connectivity index (χ3v) is 2.71. The highest BCUT2D eigenvalue weighted by molar-refractivity contribution is 5.94. The summed E-state index contributed by atoms with van der Waals surface area (Å²) >= 11 is 0. The van der Waals surface area contributed by atoms with E-state index in [-0.39, 0.29) is 18.8 Å². The van der Waals surface area contributed by atoms with E-state index in [2.05, 4.69) is 10.1 Å². The van der Waals surface area contributed by atoms with Gasteiger partial charge in [0, 0.05) is 12.0 Å². The number of methoxy groups -OCH3 is 1. The summed E-state index contributed by atoms with van der Waals surface area (Å²) in [5.41, 5.74) is 12.0. The number of rotatable bonds is 6. The average Bonchev–Trinajstić information content (AvgIpc) is 2.46. The third kappa shape index (κ3) is 4.36. The number of carbonyl (C=O) groups is 2. The molecule has 0 unspecified atom stereocenters. The van der Waals surface area contributed by atoms with Crippen molar-refractivity contribution in [2.75, 3.05) is 13.7 Å². The van der Waals surface area contributed by atoms with Gasteiger partial charge in [-0.2, -0.15) is 0 Å². The number of benzene rings is 1. The fourth-order valence-corrected chi connectivity index (χ4v) is 1.64. The van der Waals surface area contributed by atoms with Gasteiger partial charge >= 0.3 is 5.97 Å². The van der Waals surface area contributed by atoms with E-state index in [0.717, 1.165) is 5.56 Å². The molecule has 0 bridgehead atoms. The summed E-state index contributed by atoms with van der Waals surface area (Å²) < 4.78 is 4.64. The number of amidine groups is 1. The predicted molar refractivity (Wildman–Crippen MR) is 74.2 cm³/mol. The fraction of sp³-hybridized carbons (Fsp3) is 0.308. The number of hydrogen-bond donors (Lipinski definition) is 4. The first kappa shape index (κ1) is 15.6. The fourth-order valence-electron chi connectivity index (χ4n) is 1.64. The van der Waals surface area contributed by atoms with Crippen LogP contribution in [0.25, 0.3) is 0 Å². The largest absolute Gasteiger partial charge is 0.467 e. The summed E-state index contributed by atoms with van der Waals surface area (Å²) in [5, 5.41) is 9.79. The van der Waals surface area contributed by atoms with E-state index >= 15 is 0 Å². The summed E-state index contributed by atoms with van der Waals surface area (Å²) in [4.78, 5) is 22.9. The minimum absolute atomic E-state index is 0.0301. The van der Waals surface area contributed by atoms with Crippen molar-refractivity contribution in [3.63, 3.8) is 0 Å². The maximum Gasteiger partial charge on any atom is 0.328 e. The number of carbonyl (C=O) groups excluding carboxylic acids is 2. The molecule has 1 rings (SSSR count). The normalized spacial score (nSPS) is 11.5. The molecule has 1 aromatic rings. The van der Waals surface area contributed by atoms with Crippen LogP contribution in [0.5, 0.6) is 0 Å². The van der Waals surface area contributed by atoms with Gasteiger partial charge in [-0.1, -0.05) is 24.3 Å². The molecule has 0 saturated heterocycles. The van der Waals surface area contributed by atoms with Crippen LogP contribution in [0.2, 0.25) is 0 Å². The van der Waals surface area contributed by atoms with E-state index in [1.54, 1.807) is 24.3 Å². The SMILES string of the molecule is COC(=O)[C@H](Cc1ccc(C(=N)N)cc1)NC(=O)CN. The second kappa shape index (κ2) is 7.25. The highest BCUT2D eigenvalue weighted by Crippen LogP contribution is 2.07. The predicted octanol–water partition coefficient (Wildman–Crippen LogP) is -0.870. The van der Waals surface area contributed by atoms with E-state index in [1.807, 2.05) is 0 Å². The van der Waals surface area contributed by atoms with Gasteiger partial charge in [-0.3, -0.25) is 10.2 Å². The van der Waals surface area contributed by atoms with Crippen molar-refractivity contribution < 1.29 is 14.3 Å². The number of ether oxygens (including phenoxy) is 1. The van der Waals surface area contributed by atoms with Gasteiger partial charge in [0.1, 0.15) is 11.9 Å². The molecular weight excluding hydrogens is 260 g/mol. The molecule has 0 aliphatic rings. The number of nitrogens with one attached hydrogen (secondary N) is 2. The van der Waals surface area contributed by atoms with Gasteiger partial charge in [-0.05, 0) is 5.56 Å². The van der Waals surface area contributed by atoms with Gasteiger partial charge in [0.05, 0.1) is 13.7 Å². The first-order valence-corrected chi connectivity index (χ1v) is 5.98. The molecule has 0 aliphatic heterocycles. The van der Waals surface area contributed by atoms with Gasteiger partial charge in [0.25, 0.3) is 0 Å². The van der Waals surface area contributed by atoms with Gasteiger partial charge in [0.2, 0.25) is 5.91 Å². The topological polar surface area (TPSA) is 131 Å². The van der Waals surface area contributed by atoms with E-state index < -0.39 is 17.9 Å². The maximum atomic E-state index is 11.6. The molecule has 0 saturated carbocycles. The number of nitrogen functional groups attached to an aromatic ring is 1. The van der Waals surface area contributed by atoms with E-state index in [1.165, 1.54) is 7.11 Å². The Bertz CT molecular complexity index is 499. The summed E-state index contributed by atoms with van der Waals surface area (Å²) in [6.07, 6.45) is 0.274. The minimum Gasteiger partial charge on any atom is -0.467 e. The molecule has 0 fully saturated rings. The Morgan fingerprint density at radius 3 is 2.40 bits per heavy atom. The standard InChI is InChI=1S/C13H18N4O3/c1-20-13(19)10(17-11(18)7-14)6-8-2-4-9(5-3-8)12(15)16/h2-5,10H,6-7,14H2,1H3,(H3,15,16)(H,17,18)/t10-/m0/s1. The zero-order chi connectivity index (χ0) is 15.1. The number of amides is 1. The molecule has 1 amide bonds. The van der Waals surface area contributed by atoms with E-state index in [0.29, 0.717) is 5.56 Å². The van der Waals surface area contributed by atoms with Gasteiger partial charge < -0.3 is 21.5 Å². The summed E-state index contributed by atoms with van der Waals surface area (Å²) in [6, 6.07) is 6.04. The Kier molecular flexibility index (Phi) is 5.67. The van der Waals surface area contributed by atoms with E-state index in [4.69, 9.17) is 16.9 Å². The molecule has 0 aromatic heterocycles. The summed E-state index contributed by atoms with van der Waals surface area (Å²) in [5.74, 6) is -0.999. The molecule has 0 spiro atoms. The molecular formula is C13H18N4O3. The zero-order valence-electron chi connectivity index (χ0n) is 11.2. The number of esters is 1. The second-order valence-electron chi connectivity index (χ2n) is 4.16. The van der Waals surface area contributed by atoms with E-state index in [9.17, 15) is 9.59 Å². The Balaban J connectivity index is 2.80. The van der Waals surface area contributed by atoms with Crippen LogP contribution in [0, 0.1) is 5.41 Å². The van der Waals surface area contributed by atoms with Crippen LogP contribution >= 0.6 is 0 Å². The zero-order valence-corrected chi connectivity index (χ0v) is 11.2. The van der Waals surface area contributed by atoms with Crippen LogP contribution in [0.3, 0.4) is 0 Å². The Morgan fingerprint density at radius 1 is 1.35 bits per heavy atom. The molecule has 0 heterocycles. The lowest BCUT2D eigenvalue weighted by Crippen LogP contribution is -2.45. The van der Waals surface area contributed by atoms with Crippen molar-refractivity contribution in [3.05, 3.63) is 35.4 Å². The minimum atomic E-state index is -0.792. The first-order valence-electron chi connectivity index (χ1n) is 5.98. The quantitative estimate of drug-likeness (QED) is 0.305. The van der Waals surface area contributed by atoms with Crippen molar-refractivity contribution in [3.8, 4) is 0 Å². The molecule has 20 heavy (non-hydrogen) atoms. The second-order valence-corrected chi connectivity index (χ2v) is 4.16. The monoisotopic (exact) mass is 278 g/mol. The van der Waals surface area contributed by atoms with Crippen molar-refractivity contribution in [1.29, 1.82) is 5.41 Å². The molecule has 1 atom stereocenters. The molecule has 108 valence electrons. The lowest BCUT2D eigenvalue weighted by molar-refractivity contribution is -0.144. The van der Waals surface area contributed by atoms with Gasteiger partial charge in [0.15, 0.2) is 0 Å². The first-order chi connectivity index (χ1) is 9.47. The lowest BCUT2D eigenvalue weighted by Gasteiger charge is -2.16. The van der Waals surface area contributed by atoms with Gasteiger partial charge in [-0.15, -0.1) is 0 Å². The highest BCUT2D eigenvalue weighted by atomic mass is 16.5. The molecule has 6 N–H and O–H groups in total. The Labute approximate surface area is 116 Å². The smallest absolute Gasteiger partial charge is 0.328 e. The lowest BCUT2D eigenvalue weighted by atomic mass is 10.0. The highest BCUT2D eigenvalue weighted by Gasteiger charge is 2.21. The van der Waals surface area contributed by atoms with Crippen LogP contribution < -0.4 is 16.8 Å². The van der Waals surface area contributed by atoms with Crippen molar-refractivity contribution in [1.82, 2.24) is 5.32 Å². The Hall–Kier alpha value is -2.41. The summed E-state index contributed by atoms with van der Waals surface area (Å²) in [7, 11) is 1.25. The van der Waals surface area contributed by atoms with Gasteiger partial charge in [-0.25, -0.2) is 4.79 Å². The number of nitrogens with two attached hydrogens (primary N) is 2. The maximum absolute atomic E-state index is 11.6. The van der Waals surface area contributed by atoms with Crippen LogP contribution in [0.4, 0.5) is 0 Å². The third-order valence-electron chi connectivity index (χ3n) is 2.71. The Morgan fingerprint density at radius 2 is 1.95 bits per heavy atom. The van der Waals surface area contributed by atoms with Crippen molar-refractivity contribution in [2.45, 2.75) is 12.5 Å². The summed E-state index contributed by atoms with van der Waals surface area (Å²) in [6.45, 7) is -0.198.